The van der Waals surface area contributed by atoms with Gasteiger partial charge in [0.25, 0.3) is 0 Å². The van der Waals surface area contributed by atoms with Gasteiger partial charge >= 0.3 is 0 Å². The molecule has 0 fully saturated rings. The molecular formula is C11H11ClN4O3S3. The first-order valence-corrected chi connectivity index (χ1v) is 9.89. The number of nitrogens with one attached hydrogen (secondary N) is 2. The molecule has 1 amide bonds. The van der Waals surface area contributed by atoms with E-state index in [9.17, 15) is 13.2 Å². The highest BCUT2D eigenvalue weighted by atomic mass is 35.5. The molecule has 2 N–H and O–H groups in total. The third-order valence-corrected chi connectivity index (χ3v) is 5.10. The molecule has 0 spiro atoms. The van der Waals surface area contributed by atoms with Crippen LogP contribution in [0.3, 0.4) is 0 Å². The second-order valence-electron chi connectivity index (χ2n) is 4.05. The first-order valence-electron chi connectivity index (χ1n) is 5.82. The highest BCUT2D eigenvalue weighted by Crippen LogP contribution is 2.27. The summed E-state index contributed by atoms with van der Waals surface area (Å²) >= 11 is 8.22. The molecule has 1 heterocycles. The summed E-state index contributed by atoms with van der Waals surface area (Å²) in [4.78, 5) is 12.6. The molecule has 0 aliphatic rings. The van der Waals surface area contributed by atoms with Gasteiger partial charge in [0.2, 0.25) is 26.2 Å². The van der Waals surface area contributed by atoms with E-state index in [1.807, 2.05) is 18.2 Å². The van der Waals surface area contributed by atoms with Crippen LogP contribution in [0.2, 0.25) is 5.02 Å². The number of hydrogen-bond acceptors (Lipinski definition) is 7. The largest absolute Gasteiger partial charge is 0.300 e. The zero-order valence-electron chi connectivity index (χ0n) is 11.2. The number of thioether (sulfide) groups is 1. The molecule has 1 aromatic heterocycles. The lowest BCUT2D eigenvalue weighted by atomic mass is 10.4. The summed E-state index contributed by atoms with van der Waals surface area (Å²) in [6, 6.07) is 7.21. The van der Waals surface area contributed by atoms with Gasteiger partial charge in [0.15, 0.2) is 0 Å². The molecule has 0 bridgehead atoms. The molecule has 0 aliphatic carbocycles. The molecule has 0 aliphatic heterocycles. The van der Waals surface area contributed by atoms with Crippen LogP contribution in [-0.2, 0) is 14.8 Å². The summed E-state index contributed by atoms with van der Waals surface area (Å²) < 4.78 is 24.3. The minimum atomic E-state index is -3.42. The summed E-state index contributed by atoms with van der Waals surface area (Å²) in [6.45, 7) is 0. The predicted molar refractivity (Wildman–Crippen MR) is 89.2 cm³/mol. The topological polar surface area (TPSA) is 101 Å². The molecule has 0 saturated carbocycles. The molecule has 7 nitrogen and oxygen atoms in total. The lowest BCUT2D eigenvalue weighted by Gasteiger charge is -2.03. The minimum Gasteiger partial charge on any atom is -0.300 e. The molecule has 11 heteroatoms. The Hall–Kier alpha value is -1.36. The smallest absolute Gasteiger partial charge is 0.236 e. The maximum atomic E-state index is 11.8. The van der Waals surface area contributed by atoms with E-state index in [1.54, 1.807) is 6.07 Å². The van der Waals surface area contributed by atoms with Crippen molar-refractivity contribution in [1.82, 2.24) is 10.2 Å². The fourth-order valence-electron chi connectivity index (χ4n) is 1.33. The van der Waals surface area contributed by atoms with Crippen LogP contribution in [0.15, 0.2) is 29.2 Å². The molecule has 22 heavy (non-hydrogen) atoms. The van der Waals surface area contributed by atoms with Crippen molar-refractivity contribution < 1.29 is 13.2 Å². The normalized spacial score (nSPS) is 11.2. The molecule has 118 valence electrons. The Morgan fingerprint density at radius 1 is 1.32 bits per heavy atom. The highest BCUT2D eigenvalue weighted by Gasteiger charge is 2.11. The van der Waals surface area contributed by atoms with Crippen LogP contribution in [0.25, 0.3) is 0 Å². The molecule has 0 radical (unpaired) electrons. The first kappa shape index (κ1) is 17.0. The number of nitrogens with zero attached hydrogens (tertiary/aromatic N) is 2. The summed E-state index contributed by atoms with van der Waals surface area (Å²) in [5.41, 5.74) is 0. The van der Waals surface area contributed by atoms with Crippen molar-refractivity contribution in [3.05, 3.63) is 29.3 Å². The zero-order chi connectivity index (χ0) is 16.2. The van der Waals surface area contributed by atoms with Crippen LogP contribution in [0.4, 0.5) is 10.3 Å². The molecule has 2 aromatic rings. The van der Waals surface area contributed by atoms with Crippen LogP contribution in [0.1, 0.15) is 0 Å². The number of hydrogen-bond donors (Lipinski definition) is 2. The van der Waals surface area contributed by atoms with Gasteiger partial charge in [-0.05, 0) is 12.1 Å². The molecular weight excluding hydrogens is 368 g/mol. The van der Waals surface area contributed by atoms with E-state index in [1.165, 1.54) is 11.8 Å². The third kappa shape index (κ3) is 5.44. The summed E-state index contributed by atoms with van der Waals surface area (Å²) in [5, 5.41) is 10.7. The summed E-state index contributed by atoms with van der Waals surface area (Å²) in [7, 11) is -3.42. The van der Waals surface area contributed by atoms with Gasteiger partial charge in [0.05, 0.1) is 17.0 Å². The number of benzene rings is 1. The van der Waals surface area contributed by atoms with Crippen molar-refractivity contribution in [2.45, 2.75) is 4.90 Å². The van der Waals surface area contributed by atoms with E-state index in [0.29, 0.717) is 5.02 Å². The maximum absolute atomic E-state index is 11.8. The van der Waals surface area contributed by atoms with E-state index >= 15 is 0 Å². The molecule has 2 rings (SSSR count). The Kier molecular flexibility index (Phi) is 5.62. The van der Waals surface area contributed by atoms with E-state index in [0.717, 1.165) is 22.5 Å². The molecule has 1 aromatic carbocycles. The molecule has 0 saturated heterocycles. The lowest BCUT2D eigenvalue weighted by Crippen LogP contribution is -2.13. The number of amides is 1. The fourth-order valence-corrected chi connectivity index (χ4v) is 3.86. The van der Waals surface area contributed by atoms with Crippen molar-refractivity contribution in [2.75, 3.05) is 22.0 Å². The van der Waals surface area contributed by atoms with Crippen molar-refractivity contribution in [3.8, 4) is 0 Å². The Balaban J connectivity index is 1.89. The maximum Gasteiger partial charge on any atom is 0.236 e. The van der Waals surface area contributed by atoms with Gasteiger partial charge in [-0.15, -0.1) is 22.0 Å². The molecule has 0 atom stereocenters. The number of halogens is 1. The van der Waals surface area contributed by atoms with Gasteiger partial charge in [0.1, 0.15) is 0 Å². The quantitative estimate of drug-likeness (QED) is 0.748. The van der Waals surface area contributed by atoms with Gasteiger partial charge in [-0.1, -0.05) is 35.1 Å². The fraction of sp³-hybridized carbons (Fsp3) is 0.182. The predicted octanol–water partition coefficient (Wildman–Crippen LogP) is 2.29. The van der Waals surface area contributed by atoms with Crippen LogP contribution in [-0.4, -0.2) is 36.5 Å². The standard InChI is InChI=1S/C11H11ClN4O3S3/c1-22(18,19)16-11-15-14-10(21-11)13-9(17)6-20-8-5-3-2-4-7(8)12/h2-5H,6H2,1H3,(H,15,16)(H,13,14,17). The Labute approximate surface area is 140 Å². The highest BCUT2D eigenvalue weighted by molar-refractivity contribution is 8.00. The average Bonchev–Trinajstić information content (AvgIpc) is 2.82. The SMILES string of the molecule is CS(=O)(=O)Nc1nnc(NC(=O)CSc2ccccc2Cl)s1. The third-order valence-electron chi connectivity index (χ3n) is 2.14. The Morgan fingerprint density at radius 2 is 2.00 bits per heavy atom. The molecule has 0 unspecified atom stereocenters. The second kappa shape index (κ2) is 7.27. The Bertz CT molecular complexity index is 778. The zero-order valence-corrected chi connectivity index (χ0v) is 14.4. The van der Waals surface area contributed by atoms with Crippen LogP contribution in [0, 0.1) is 0 Å². The van der Waals surface area contributed by atoms with Gasteiger partial charge in [-0.3, -0.25) is 14.8 Å². The van der Waals surface area contributed by atoms with Crippen LogP contribution >= 0.6 is 34.7 Å². The minimum absolute atomic E-state index is 0.0940. The summed E-state index contributed by atoms with van der Waals surface area (Å²) in [5.74, 6) is -0.134. The van der Waals surface area contributed by atoms with Gasteiger partial charge < -0.3 is 0 Å². The number of carbonyl (C=O) groups excluding carboxylic acids is 1. The lowest BCUT2D eigenvalue weighted by molar-refractivity contribution is -0.113. The number of rotatable bonds is 6. The van der Waals surface area contributed by atoms with Crippen molar-refractivity contribution >= 4 is 60.9 Å². The van der Waals surface area contributed by atoms with E-state index < -0.39 is 10.0 Å². The number of sulfonamides is 1. The van der Waals surface area contributed by atoms with Crippen molar-refractivity contribution in [2.24, 2.45) is 0 Å². The van der Waals surface area contributed by atoms with Gasteiger partial charge in [-0.25, -0.2) is 8.42 Å². The van der Waals surface area contributed by atoms with E-state index in [4.69, 9.17) is 11.6 Å². The second-order valence-corrected chi connectivity index (χ2v) is 8.20. The van der Waals surface area contributed by atoms with Crippen LogP contribution < -0.4 is 10.0 Å². The summed E-state index contributed by atoms with van der Waals surface area (Å²) in [6.07, 6.45) is 1.01. The number of carbonyl (C=O) groups is 1. The van der Waals surface area contributed by atoms with Crippen LogP contribution in [0.5, 0.6) is 0 Å². The Morgan fingerprint density at radius 3 is 2.68 bits per heavy atom. The van der Waals surface area contributed by atoms with Crippen molar-refractivity contribution in [3.63, 3.8) is 0 Å². The average molecular weight is 379 g/mol. The monoisotopic (exact) mass is 378 g/mol. The van der Waals surface area contributed by atoms with E-state index in [2.05, 4.69) is 20.2 Å². The van der Waals surface area contributed by atoms with Gasteiger partial charge in [0, 0.05) is 4.90 Å². The van der Waals surface area contributed by atoms with E-state index in [-0.39, 0.29) is 21.9 Å². The number of aromatic nitrogens is 2. The van der Waals surface area contributed by atoms with Gasteiger partial charge in [-0.2, -0.15) is 0 Å². The van der Waals surface area contributed by atoms with Crippen molar-refractivity contribution in [1.29, 1.82) is 0 Å². The first-order chi connectivity index (χ1) is 10.3. The number of anilines is 2.